The molecule has 0 heteroatoms. The maximum atomic E-state index is 4.32. The average Bonchev–Trinajstić information content (AvgIpc) is 2.70. The monoisotopic (exact) mass is 350 g/mol. The fourth-order valence-corrected chi connectivity index (χ4v) is 3.31. The van der Waals surface area contributed by atoms with Crippen LogP contribution in [0.2, 0.25) is 0 Å². The minimum Gasteiger partial charge on any atom is -0.0991 e. The van der Waals surface area contributed by atoms with Crippen molar-refractivity contribution in [3.63, 3.8) is 0 Å². The Bertz CT molecular complexity index is 1040. The summed E-state index contributed by atoms with van der Waals surface area (Å²) < 4.78 is 0. The Balaban J connectivity index is 2.47. The number of allylic oxidation sites excluding steroid dienone is 8. The summed E-state index contributed by atoms with van der Waals surface area (Å²) in [7, 11) is 0. The smallest absolute Gasteiger partial charge is 0.00969 e. The van der Waals surface area contributed by atoms with Crippen molar-refractivity contribution in [3.05, 3.63) is 131 Å². The van der Waals surface area contributed by atoms with Crippen LogP contribution in [0.5, 0.6) is 0 Å². The van der Waals surface area contributed by atoms with Crippen LogP contribution in [-0.2, 0) is 0 Å². The topological polar surface area (TPSA) is 0 Å². The molecule has 1 aliphatic rings. The van der Waals surface area contributed by atoms with Crippen LogP contribution in [-0.4, -0.2) is 0 Å². The first-order valence-corrected chi connectivity index (χ1v) is 9.43. The first kappa shape index (κ1) is 18.7. The summed E-state index contributed by atoms with van der Waals surface area (Å²) in [5, 5.41) is 2.45. The molecule has 0 saturated heterocycles. The normalized spacial score (nSPS) is 17.4. The summed E-state index contributed by atoms with van der Waals surface area (Å²) in [6.07, 6.45) is 16.8. The number of rotatable bonds is 4. The quantitative estimate of drug-likeness (QED) is 0.634. The third-order valence-corrected chi connectivity index (χ3v) is 4.69. The molecule has 0 N–H and O–H groups in total. The number of fused-ring (bicyclic) bond motifs is 1. The zero-order chi connectivity index (χ0) is 19.1. The Kier molecular flexibility index (Phi) is 6.22. The summed E-state index contributed by atoms with van der Waals surface area (Å²) >= 11 is 0. The number of aryl methyl sites for hydroxylation is 1. The molecule has 0 nitrogen and oxygen atoms in total. The number of hydrogen-bond donors (Lipinski definition) is 0. The first-order valence-electron chi connectivity index (χ1n) is 9.43. The van der Waals surface area contributed by atoms with Crippen molar-refractivity contribution >= 4 is 11.1 Å². The van der Waals surface area contributed by atoms with Gasteiger partial charge in [0, 0.05) is 0 Å². The van der Waals surface area contributed by atoms with Gasteiger partial charge in [-0.1, -0.05) is 110 Å². The van der Waals surface area contributed by atoms with E-state index in [2.05, 4.69) is 92.9 Å². The molecule has 0 bridgehead atoms. The molecule has 0 unspecified atom stereocenters. The van der Waals surface area contributed by atoms with Crippen molar-refractivity contribution in [1.29, 1.82) is 0 Å². The lowest BCUT2D eigenvalue weighted by Gasteiger charge is -2.10. The summed E-state index contributed by atoms with van der Waals surface area (Å²) in [6, 6.07) is 17.3. The third-order valence-electron chi connectivity index (χ3n) is 4.69. The molecule has 1 aliphatic carbocycles. The van der Waals surface area contributed by atoms with Crippen LogP contribution in [0.4, 0.5) is 0 Å². The molecule has 134 valence electrons. The van der Waals surface area contributed by atoms with Crippen LogP contribution in [0.25, 0.3) is 11.1 Å². The lowest BCUT2D eigenvalue weighted by molar-refractivity contribution is 1.05. The van der Waals surface area contributed by atoms with Gasteiger partial charge < -0.3 is 0 Å². The second kappa shape index (κ2) is 9.00. The van der Waals surface area contributed by atoms with E-state index < -0.39 is 0 Å². The molecule has 2 aromatic rings. The van der Waals surface area contributed by atoms with E-state index in [1.54, 1.807) is 6.08 Å². The van der Waals surface area contributed by atoms with Crippen molar-refractivity contribution < 1.29 is 0 Å². The van der Waals surface area contributed by atoms with E-state index in [4.69, 9.17) is 0 Å². The van der Waals surface area contributed by atoms with E-state index in [1.807, 2.05) is 12.2 Å². The summed E-state index contributed by atoms with van der Waals surface area (Å²) in [5.41, 5.74) is 5.88. The lowest BCUT2D eigenvalue weighted by Crippen LogP contribution is -2.30. The van der Waals surface area contributed by atoms with Gasteiger partial charge in [-0.05, 0) is 52.5 Å². The molecule has 2 aromatic carbocycles. The van der Waals surface area contributed by atoms with Gasteiger partial charge in [0.05, 0.1) is 0 Å². The average molecular weight is 351 g/mol. The van der Waals surface area contributed by atoms with Crippen molar-refractivity contribution in [3.8, 4) is 0 Å². The molecule has 27 heavy (non-hydrogen) atoms. The highest BCUT2D eigenvalue weighted by molar-refractivity contribution is 5.79. The van der Waals surface area contributed by atoms with Gasteiger partial charge in [0.2, 0.25) is 0 Å². The first-order chi connectivity index (χ1) is 13.2. The van der Waals surface area contributed by atoms with Gasteiger partial charge in [0.1, 0.15) is 0 Å². The minimum absolute atomic E-state index is 0.995. The zero-order valence-electron chi connectivity index (χ0n) is 16.0. The molecule has 0 spiro atoms. The Labute approximate surface area is 162 Å². The minimum atomic E-state index is 0.995. The van der Waals surface area contributed by atoms with Crippen molar-refractivity contribution in [1.82, 2.24) is 0 Å². The molecule has 0 saturated carbocycles. The molecular weight excluding hydrogens is 324 g/mol. The van der Waals surface area contributed by atoms with Crippen LogP contribution in [0.15, 0.2) is 110 Å². The maximum absolute atomic E-state index is 4.32. The van der Waals surface area contributed by atoms with E-state index in [9.17, 15) is 0 Å². The summed E-state index contributed by atoms with van der Waals surface area (Å²) in [6.45, 7) is 10.2. The van der Waals surface area contributed by atoms with Crippen molar-refractivity contribution in [2.24, 2.45) is 0 Å². The van der Waals surface area contributed by atoms with Gasteiger partial charge in [-0.3, -0.25) is 0 Å². The summed E-state index contributed by atoms with van der Waals surface area (Å²) in [5.74, 6) is 0. The predicted octanol–water partition coefficient (Wildman–Crippen LogP) is 5.55. The standard InChI is InChI=1S/C27H26/c1-4-5-13-22(3)24-16-11-6-7-12-17-25(23-14-9-8-10-15-23)26-19-18-21(2)20-27(24)26/h4-5,8-20H,1,3,6-7H2,2H3/b13-5-,16-11?,17-12+,26-25+,27-24?. The molecule has 0 heterocycles. The zero-order valence-corrected chi connectivity index (χ0v) is 16.0. The lowest BCUT2D eigenvalue weighted by atomic mass is 9.94. The molecule has 0 aromatic heterocycles. The predicted molar refractivity (Wildman–Crippen MR) is 119 cm³/mol. The Morgan fingerprint density at radius 2 is 1.67 bits per heavy atom. The van der Waals surface area contributed by atoms with Crippen LogP contribution < -0.4 is 10.4 Å². The molecule has 0 radical (unpaired) electrons. The maximum Gasteiger partial charge on any atom is -0.00969 e. The molecule has 0 amide bonds. The third kappa shape index (κ3) is 4.54. The number of hydrogen-bond acceptors (Lipinski definition) is 0. The Morgan fingerprint density at radius 3 is 2.41 bits per heavy atom. The van der Waals surface area contributed by atoms with Gasteiger partial charge in [-0.15, -0.1) is 0 Å². The summed E-state index contributed by atoms with van der Waals surface area (Å²) in [4.78, 5) is 0. The van der Waals surface area contributed by atoms with Gasteiger partial charge in [-0.2, -0.15) is 0 Å². The Morgan fingerprint density at radius 1 is 0.926 bits per heavy atom. The molecule has 0 atom stereocenters. The van der Waals surface area contributed by atoms with E-state index in [-0.39, 0.29) is 0 Å². The highest BCUT2D eigenvalue weighted by Crippen LogP contribution is 2.16. The van der Waals surface area contributed by atoms with Crippen molar-refractivity contribution in [2.45, 2.75) is 19.8 Å². The molecular formula is C27H26. The van der Waals surface area contributed by atoms with Crippen LogP contribution in [0.3, 0.4) is 0 Å². The van der Waals surface area contributed by atoms with E-state index in [0.29, 0.717) is 0 Å². The fraction of sp³-hybridized carbons (Fsp3) is 0.111. The molecule has 0 fully saturated rings. The fourth-order valence-electron chi connectivity index (χ4n) is 3.31. The van der Waals surface area contributed by atoms with Crippen molar-refractivity contribution in [2.75, 3.05) is 0 Å². The molecule has 3 rings (SSSR count). The van der Waals surface area contributed by atoms with Gasteiger partial charge in [-0.25, -0.2) is 0 Å². The van der Waals surface area contributed by atoms with Gasteiger partial charge in [0.25, 0.3) is 0 Å². The highest BCUT2D eigenvalue weighted by Gasteiger charge is 2.05. The van der Waals surface area contributed by atoms with Crippen LogP contribution in [0.1, 0.15) is 24.0 Å². The SMILES string of the molecule is C=C/C=C\C(=C)C1=c2cc(C)cc/c2=C(c2ccccc2)/C=C/CCC=C1. The second-order valence-electron chi connectivity index (χ2n) is 6.74. The largest absolute Gasteiger partial charge is 0.0991 e. The van der Waals surface area contributed by atoms with E-state index >= 15 is 0 Å². The van der Waals surface area contributed by atoms with Gasteiger partial charge in [0.15, 0.2) is 0 Å². The number of benzene rings is 2. The second-order valence-corrected chi connectivity index (χ2v) is 6.74. The van der Waals surface area contributed by atoms with E-state index in [0.717, 1.165) is 24.0 Å². The molecule has 0 aliphatic heterocycles. The van der Waals surface area contributed by atoms with Gasteiger partial charge >= 0.3 is 0 Å². The van der Waals surface area contributed by atoms with E-state index in [1.165, 1.54) is 27.1 Å². The van der Waals surface area contributed by atoms with Crippen LogP contribution >= 0.6 is 0 Å². The Hall–Kier alpha value is -3.12. The van der Waals surface area contributed by atoms with Crippen LogP contribution in [0, 0.1) is 6.92 Å². The highest BCUT2D eigenvalue weighted by atomic mass is 14.1.